The van der Waals surface area contributed by atoms with Crippen molar-refractivity contribution in [3.63, 3.8) is 0 Å². The molecule has 2 amide bonds. The Balaban J connectivity index is 1.49. The Hall–Kier alpha value is -2.86. The summed E-state index contributed by atoms with van der Waals surface area (Å²) in [6.07, 6.45) is -0.947. The van der Waals surface area contributed by atoms with Crippen LogP contribution in [0, 0.1) is 0 Å². The van der Waals surface area contributed by atoms with E-state index in [9.17, 15) is 14.7 Å². The zero-order chi connectivity index (χ0) is 21.0. The molecule has 0 bridgehead atoms. The molecule has 3 aromatic carbocycles. The first-order chi connectivity index (χ1) is 14.4. The minimum absolute atomic E-state index is 0.0886. The first-order valence-corrected chi connectivity index (χ1v) is 10.2. The minimum atomic E-state index is -0.947. The number of hydrogen-bond donors (Lipinski definition) is 1. The third kappa shape index (κ3) is 2.98. The largest absolute Gasteiger partial charge is 0.389 e. The van der Waals surface area contributed by atoms with Gasteiger partial charge in [0.25, 0.3) is 11.8 Å². The number of carbonyl (C=O) groups excluding carboxylic acids is 2. The Morgan fingerprint density at radius 1 is 0.767 bits per heavy atom. The summed E-state index contributed by atoms with van der Waals surface area (Å²) in [5.41, 5.74) is 2.52. The molecule has 0 spiro atoms. The molecule has 1 atom stereocenters. The maximum Gasteiger partial charge on any atom is 0.261 e. The maximum absolute atomic E-state index is 12.6. The molecule has 0 aliphatic carbocycles. The van der Waals surface area contributed by atoms with E-state index in [1.54, 1.807) is 36.4 Å². The molecule has 0 fully saturated rings. The van der Waals surface area contributed by atoms with Crippen molar-refractivity contribution < 1.29 is 14.7 Å². The van der Waals surface area contributed by atoms with Gasteiger partial charge in [-0.15, -0.1) is 0 Å². The van der Waals surface area contributed by atoms with E-state index >= 15 is 0 Å². The number of aliphatic hydroxyl groups is 1. The summed E-state index contributed by atoms with van der Waals surface area (Å²) in [4.78, 5) is 26.3. The molecule has 2 heterocycles. The number of hydrogen-bond acceptors (Lipinski definition) is 3. The lowest BCUT2D eigenvalue weighted by atomic mass is 10.1. The van der Waals surface area contributed by atoms with Crippen LogP contribution in [0.4, 0.5) is 0 Å². The molecule has 5 nitrogen and oxygen atoms in total. The van der Waals surface area contributed by atoms with Crippen molar-refractivity contribution in [2.75, 3.05) is 6.54 Å². The fourth-order valence-electron chi connectivity index (χ4n) is 4.13. The average Bonchev–Trinajstić information content (AvgIpc) is 3.15. The number of aliphatic hydroxyl groups excluding tert-OH is 1. The molecular weight excluding hydrogens is 423 g/mol. The molecule has 1 aliphatic rings. The molecule has 1 unspecified atom stereocenters. The second kappa shape index (κ2) is 7.13. The van der Waals surface area contributed by atoms with Gasteiger partial charge >= 0.3 is 0 Å². The fourth-order valence-corrected chi connectivity index (χ4v) is 4.47. The molecule has 1 aromatic heterocycles. The number of rotatable bonds is 4. The van der Waals surface area contributed by atoms with Crippen LogP contribution in [0.1, 0.15) is 20.7 Å². The van der Waals surface area contributed by atoms with Crippen molar-refractivity contribution in [1.82, 2.24) is 9.47 Å². The van der Waals surface area contributed by atoms with E-state index in [-0.39, 0.29) is 24.9 Å². The molecule has 0 saturated heterocycles. The number of halogens is 2. The predicted octanol–water partition coefficient (Wildman–Crippen LogP) is 4.76. The van der Waals surface area contributed by atoms with Gasteiger partial charge in [0.05, 0.1) is 30.3 Å². The van der Waals surface area contributed by atoms with Crippen molar-refractivity contribution in [2.24, 2.45) is 0 Å². The summed E-state index contributed by atoms with van der Waals surface area (Å²) in [6, 6.07) is 17.8. The van der Waals surface area contributed by atoms with Crippen LogP contribution in [0.3, 0.4) is 0 Å². The van der Waals surface area contributed by atoms with E-state index in [0.717, 1.165) is 26.7 Å². The summed E-state index contributed by atoms with van der Waals surface area (Å²) in [6.45, 7) is 0.116. The zero-order valence-corrected chi connectivity index (χ0v) is 17.2. The third-order valence-electron chi connectivity index (χ3n) is 5.45. The molecule has 1 aliphatic heterocycles. The van der Waals surface area contributed by atoms with Crippen LogP contribution in [-0.2, 0) is 6.54 Å². The van der Waals surface area contributed by atoms with Crippen molar-refractivity contribution in [3.05, 3.63) is 81.8 Å². The van der Waals surface area contributed by atoms with E-state index in [4.69, 9.17) is 23.2 Å². The van der Waals surface area contributed by atoms with Crippen molar-refractivity contribution in [3.8, 4) is 0 Å². The van der Waals surface area contributed by atoms with E-state index in [1.165, 1.54) is 0 Å². The standard InChI is InChI=1S/C23H16Cl2N2O3/c24-13-5-7-20-18(9-13)19-10-14(25)6-8-21(19)26(20)11-15(28)12-27-22(29)16-3-1-2-4-17(16)23(27)30/h1-10,15,28H,11-12H2. The van der Waals surface area contributed by atoms with Gasteiger partial charge in [-0.1, -0.05) is 35.3 Å². The van der Waals surface area contributed by atoms with Crippen LogP contribution in [0.5, 0.6) is 0 Å². The smallest absolute Gasteiger partial charge is 0.261 e. The SMILES string of the molecule is O=C1c2ccccc2C(=O)N1CC(O)Cn1c2ccc(Cl)cc2c2cc(Cl)ccc21. The van der Waals surface area contributed by atoms with Crippen molar-refractivity contribution >= 4 is 56.8 Å². The van der Waals surface area contributed by atoms with E-state index in [0.29, 0.717) is 21.2 Å². The zero-order valence-electron chi connectivity index (χ0n) is 15.7. The highest BCUT2D eigenvalue weighted by Gasteiger charge is 2.36. The topological polar surface area (TPSA) is 62.5 Å². The molecule has 1 N–H and O–H groups in total. The van der Waals surface area contributed by atoms with Crippen LogP contribution < -0.4 is 0 Å². The molecule has 0 radical (unpaired) electrons. The molecule has 4 aromatic rings. The number of nitrogens with zero attached hydrogens (tertiary/aromatic N) is 2. The average molecular weight is 439 g/mol. The number of carbonyl (C=O) groups is 2. The van der Waals surface area contributed by atoms with Gasteiger partial charge in [0.15, 0.2) is 0 Å². The summed E-state index contributed by atoms with van der Waals surface area (Å²) in [5, 5.41) is 13.9. The van der Waals surface area contributed by atoms with Crippen LogP contribution in [0.25, 0.3) is 21.8 Å². The molecule has 30 heavy (non-hydrogen) atoms. The molecule has 150 valence electrons. The van der Waals surface area contributed by atoms with Gasteiger partial charge in [-0.3, -0.25) is 14.5 Å². The third-order valence-corrected chi connectivity index (χ3v) is 5.92. The number of amides is 2. The van der Waals surface area contributed by atoms with Gasteiger partial charge in [-0.25, -0.2) is 0 Å². The highest BCUT2D eigenvalue weighted by Crippen LogP contribution is 2.33. The number of imide groups is 1. The van der Waals surface area contributed by atoms with Crippen LogP contribution >= 0.6 is 23.2 Å². The fraction of sp³-hybridized carbons (Fsp3) is 0.130. The molecule has 5 rings (SSSR count). The Bertz CT molecular complexity index is 1250. The Morgan fingerprint density at radius 2 is 1.27 bits per heavy atom. The van der Waals surface area contributed by atoms with Gasteiger partial charge in [0.1, 0.15) is 0 Å². The first-order valence-electron chi connectivity index (χ1n) is 9.44. The first kappa shape index (κ1) is 19.1. The minimum Gasteiger partial charge on any atom is -0.389 e. The normalized spacial score (nSPS) is 14.7. The number of aromatic nitrogens is 1. The van der Waals surface area contributed by atoms with Crippen LogP contribution in [-0.4, -0.2) is 39.0 Å². The quantitative estimate of drug-likeness (QED) is 0.467. The number of benzene rings is 3. The highest BCUT2D eigenvalue weighted by atomic mass is 35.5. The number of β-amino-alcohol motifs (C(OH)–C–C–N with tert-alkyl or cyclic N) is 1. The van der Waals surface area contributed by atoms with Crippen LogP contribution in [0.15, 0.2) is 60.7 Å². The second-order valence-corrected chi connectivity index (χ2v) is 8.23. The van der Waals surface area contributed by atoms with E-state index < -0.39 is 6.10 Å². The van der Waals surface area contributed by atoms with Gasteiger partial charge < -0.3 is 9.67 Å². The summed E-state index contributed by atoms with van der Waals surface area (Å²) < 4.78 is 1.96. The van der Waals surface area contributed by atoms with Gasteiger partial charge in [0, 0.05) is 31.9 Å². The van der Waals surface area contributed by atoms with Crippen molar-refractivity contribution in [1.29, 1.82) is 0 Å². The van der Waals surface area contributed by atoms with Gasteiger partial charge in [-0.05, 0) is 48.5 Å². The predicted molar refractivity (Wildman–Crippen MR) is 117 cm³/mol. The lowest BCUT2D eigenvalue weighted by Crippen LogP contribution is -2.38. The summed E-state index contributed by atoms with van der Waals surface area (Å²) in [5.74, 6) is -0.758. The maximum atomic E-state index is 12.6. The Labute approximate surface area is 182 Å². The lowest BCUT2D eigenvalue weighted by molar-refractivity contribution is 0.0524. The second-order valence-electron chi connectivity index (χ2n) is 7.35. The molecular formula is C23H16Cl2N2O3. The highest BCUT2D eigenvalue weighted by molar-refractivity contribution is 6.33. The van der Waals surface area contributed by atoms with Gasteiger partial charge in [0.2, 0.25) is 0 Å². The Kier molecular flexibility index (Phi) is 4.54. The van der Waals surface area contributed by atoms with E-state index in [1.807, 2.05) is 28.8 Å². The van der Waals surface area contributed by atoms with Crippen molar-refractivity contribution in [2.45, 2.75) is 12.6 Å². The van der Waals surface area contributed by atoms with Gasteiger partial charge in [-0.2, -0.15) is 0 Å². The van der Waals surface area contributed by atoms with E-state index in [2.05, 4.69) is 0 Å². The summed E-state index contributed by atoms with van der Waals surface area (Å²) in [7, 11) is 0. The summed E-state index contributed by atoms with van der Waals surface area (Å²) >= 11 is 12.4. The lowest BCUT2D eigenvalue weighted by Gasteiger charge is -2.20. The monoisotopic (exact) mass is 438 g/mol. The Morgan fingerprint density at radius 3 is 1.77 bits per heavy atom. The van der Waals surface area contributed by atoms with Crippen LogP contribution in [0.2, 0.25) is 10.0 Å². The molecule has 0 saturated carbocycles. The number of fused-ring (bicyclic) bond motifs is 4. The molecule has 7 heteroatoms.